The van der Waals surface area contributed by atoms with Crippen LogP contribution in [0.5, 0.6) is 11.5 Å². The van der Waals surface area contributed by atoms with E-state index in [1.165, 1.54) is 18.9 Å². The smallest absolute Gasteiger partial charge is 0.303 e. The van der Waals surface area contributed by atoms with Crippen molar-refractivity contribution >= 4 is 5.97 Å². The van der Waals surface area contributed by atoms with Gasteiger partial charge in [-0.1, -0.05) is 70.9 Å². The lowest BCUT2D eigenvalue weighted by atomic mass is 9.75. The summed E-state index contributed by atoms with van der Waals surface area (Å²) in [6.07, 6.45) is 3.43. The number of carbonyl (C=O) groups is 1. The van der Waals surface area contributed by atoms with Crippen LogP contribution in [0.2, 0.25) is 0 Å². The van der Waals surface area contributed by atoms with Crippen molar-refractivity contribution in [3.63, 3.8) is 0 Å². The van der Waals surface area contributed by atoms with Gasteiger partial charge in [-0.25, -0.2) is 4.39 Å². The molecular formula is C33H39FO4. The number of hydrogen-bond acceptors (Lipinski definition) is 3. The maximum absolute atomic E-state index is 14.9. The van der Waals surface area contributed by atoms with E-state index in [4.69, 9.17) is 9.47 Å². The first-order valence-corrected chi connectivity index (χ1v) is 13.5. The van der Waals surface area contributed by atoms with E-state index in [2.05, 4.69) is 33.8 Å². The highest BCUT2D eigenvalue weighted by atomic mass is 19.1. The molecule has 5 heteroatoms. The number of carboxylic acids is 1. The average molecular weight is 519 g/mol. The summed E-state index contributed by atoms with van der Waals surface area (Å²) in [5.41, 5.74) is 4.42. The molecule has 3 aromatic rings. The van der Waals surface area contributed by atoms with Gasteiger partial charge in [0.05, 0.1) is 13.5 Å². The number of rotatable bonds is 11. The van der Waals surface area contributed by atoms with Crippen molar-refractivity contribution in [1.82, 2.24) is 0 Å². The maximum atomic E-state index is 14.9. The molecule has 2 atom stereocenters. The largest absolute Gasteiger partial charge is 0.497 e. The van der Waals surface area contributed by atoms with Crippen LogP contribution in [0, 0.1) is 17.2 Å². The maximum Gasteiger partial charge on any atom is 0.303 e. The van der Waals surface area contributed by atoms with Crippen LogP contribution < -0.4 is 9.47 Å². The molecule has 202 valence electrons. The third-order valence-electron chi connectivity index (χ3n) is 7.82. The molecule has 0 radical (unpaired) electrons. The van der Waals surface area contributed by atoms with Crippen molar-refractivity contribution in [2.24, 2.45) is 11.3 Å². The fraction of sp³-hybridized carbons (Fsp3) is 0.424. The molecule has 0 amide bonds. The third-order valence-corrected chi connectivity index (χ3v) is 7.82. The van der Waals surface area contributed by atoms with Crippen LogP contribution in [0.4, 0.5) is 4.39 Å². The van der Waals surface area contributed by atoms with Gasteiger partial charge in [0.1, 0.15) is 23.9 Å². The molecule has 38 heavy (non-hydrogen) atoms. The molecule has 0 aliphatic heterocycles. The Morgan fingerprint density at radius 2 is 1.79 bits per heavy atom. The van der Waals surface area contributed by atoms with Gasteiger partial charge in [-0.05, 0) is 82.2 Å². The zero-order valence-corrected chi connectivity index (χ0v) is 23.1. The summed E-state index contributed by atoms with van der Waals surface area (Å²) in [5, 5.41) is 9.42. The van der Waals surface area contributed by atoms with Crippen molar-refractivity contribution in [2.45, 2.75) is 71.8 Å². The topological polar surface area (TPSA) is 55.8 Å². The van der Waals surface area contributed by atoms with Crippen LogP contribution in [0.3, 0.4) is 0 Å². The summed E-state index contributed by atoms with van der Waals surface area (Å²) in [7, 11) is 1.58. The van der Waals surface area contributed by atoms with Gasteiger partial charge in [0.2, 0.25) is 0 Å². The zero-order chi connectivity index (χ0) is 27.4. The highest BCUT2D eigenvalue weighted by Crippen LogP contribution is 2.42. The second kappa shape index (κ2) is 11.6. The van der Waals surface area contributed by atoms with Crippen LogP contribution in [-0.4, -0.2) is 18.2 Å². The normalized spacial score (nSPS) is 15.1. The van der Waals surface area contributed by atoms with E-state index >= 15 is 0 Å². The van der Waals surface area contributed by atoms with E-state index in [1.807, 2.05) is 36.4 Å². The number of halogens is 1. The van der Waals surface area contributed by atoms with Crippen molar-refractivity contribution in [1.29, 1.82) is 0 Å². The predicted molar refractivity (Wildman–Crippen MR) is 149 cm³/mol. The van der Waals surface area contributed by atoms with E-state index in [0.29, 0.717) is 23.8 Å². The molecule has 1 aliphatic rings. The molecule has 0 spiro atoms. The number of benzene rings is 3. The fourth-order valence-corrected chi connectivity index (χ4v) is 4.94. The van der Waals surface area contributed by atoms with E-state index in [-0.39, 0.29) is 29.5 Å². The Morgan fingerprint density at radius 3 is 2.45 bits per heavy atom. The van der Waals surface area contributed by atoms with Crippen LogP contribution in [0.15, 0.2) is 60.7 Å². The van der Waals surface area contributed by atoms with Gasteiger partial charge in [-0.3, -0.25) is 4.79 Å². The second-order valence-electron chi connectivity index (χ2n) is 11.7. The number of ether oxygens (including phenoxy) is 2. The summed E-state index contributed by atoms with van der Waals surface area (Å²) >= 11 is 0. The molecular weight excluding hydrogens is 479 g/mol. The van der Waals surface area contributed by atoms with Gasteiger partial charge >= 0.3 is 5.97 Å². The molecule has 0 bridgehead atoms. The van der Waals surface area contributed by atoms with Gasteiger partial charge in [0.15, 0.2) is 0 Å². The number of carboxylic acid groups (broad SMARTS) is 1. The minimum atomic E-state index is -0.768. The lowest BCUT2D eigenvalue weighted by molar-refractivity contribution is -0.137. The van der Waals surface area contributed by atoms with E-state index in [0.717, 1.165) is 34.4 Å². The molecule has 3 aromatic carbocycles. The standard InChI is InChI=1S/C33H39FO4/c1-21(33(2,3)4)29-16-23(11-13-28(29)30-19-26(37-5)12-14-31(30)34)20-38-27-8-6-7-24(17-27)25(18-32(35)36)15-22-9-10-22/h6-8,11-14,16-17,19,21-22,25H,9-10,15,18,20H2,1-5H3,(H,35,36)/t21?,25-/m1/s1. The van der Waals surface area contributed by atoms with E-state index in [9.17, 15) is 14.3 Å². The van der Waals surface area contributed by atoms with Crippen molar-refractivity contribution in [2.75, 3.05) is 7.11 Å². The number of methoxy groups -OCH3 is 1. The van der Waals surface area contributed by atoms with Crippen LogP contribution in [-0.2, 0) is 11.4 Å². The van der Waals surface area contributed by atoms with Gasteiger partial charge in [0, 0.05) is 5.56 Å². The van der Waals surface area contributed by atoms with Gasteiger partial charge < -0.3 is 14.6 Å². The summed E-state index contributed by atoms with van der Waals surface area (Å²) in [5.74, 6) is 1.09. The van der Waals surface area contributed by atoms with Gasteiger partial charge in [0.25, 0.3) is 0 Å². The summed E-state index contributed by atoms with van der Waals surface area (Å²) < 4.78 is 26.5. The summed E-state index contributed by atoms with van der Waals surface area (Å²) in [6, 6.07) is 18.7. The van der Waals surface area contributed by atoms with Crippen molar-refractivity contribution in [3.8, 4) is 22.6 Å². The Bertz CT molecular complexity index is 1270. The Balaban J connectivity index is 1.60. The van der Waals surface area contributed by atoms with E-state index < -0.39 is 5.97 Å². The first-order chi connectivity index (χ1) is 18.0. The zero-order valence-electron chi connectivity index (χ0n) is 23.1. The first-order valence-electron chi connectivity index (χ1n) is 13.5. The van der Waals surface area contributed by atoms with Crippen LogP contribution in [0.1, 0.15) is 81.9 Å². The molecule has 0 aromatic heterocycles. The number of aliphatic carboxylic acids is 1. The first kappa shape index (κ1) is 27.7. The second-order valence-corrected chi connectivity index (χ2v) is 11.7. The molecule has 4 nitrogen and oxygen atoms in total. The Morgan fingerprint density at radius 1 is 1.03 bits per heavy atom. The number of hydrogen-bond donors (Lipinski definition) is 1. The molecule has 1 N–H and O–H groups in total. The van der Waals surface area contributed by atoms with Gasteiger partial charge in [-0.2, -0.15) is 0 Å². The average Bonchev–Trinajstić information content (AvgIpc) is 3.70. The fourth-order valence-electron chi connectivity index (χ4n) is 4.94. The molecule has 1 unspecified atom stereocenters. The quantitative estimate of drug-likeness (QED) is 0.276. The minimum absolute atomic E-state index is 0.000156. The molecule has 4 rings (SSSR count). The Hall–Kier alpha value is -3.34. The van der Waals surface area contributed by atoms with E-state index in [1.54, 1.807) is 19.2 Å². The molecule has 1 fully saturated rings. The van der Waals surface area contributed by atoms with Crippen LogP contribution in [0.25, 0.3) is 11.1 Å². The SMILES string of the molecule is COc1ccc(F)c(-c2ccc(COc3cccc([C@@H](CC(=O)O)CC4CC4)c3)cc2C(C)C(C)(C)C)c1. The van der Waals surface area contributed by atoms with Crippen molar-refractivity contribution < 1.29 is 23.8 Å². The third kappa shape index (κ3) is 6.94. The van der Waals surface area contributed by atoms with Crippen molar-refractivity contribution in [3.05, 3.63) is 83.2 Å². The molecule has 0 heterocycles. The molecule has 1 saturated carbocycles. The summed E-state index contributed by atoms with van der Waals surface area (Å²) in [6.45, 7) is 9.10. The molecule has 1 aliphatic carbocycles. The lowest BCUT2D eigenvalue weighted by Crippen LogP contribution is -2.16. The Labute approximate surface area is 225 Å². The summed E-state index contributed by atoms with van der Waals surface area (Å²) in [4.78, 5) is 11.5. The molecule has 0 saturated heterocycles. The lowest BCUT2D eigenvalue weighted by Gasteiger charge is -2.30. The predicted octanol–water partition coefficient (Wildman–Crippen LogP) is 8.59. The highest BCUT2D eigenvalue weighted by Gasteiger charge is 2.28. The Kier molecular flexibility index (Phi) is 8.44. The highest BCUT2D eigenvalue weighted by molar-refractivity contribution is 5.71. The minimum Gasteiger partial charge on any atom is -0.497 e. The monoisotopic (exact) mass is 518 g/mol. The van der Waals surface area contributed by atoms with Gasteiger partial charge in [-0.15, -0.1) is 0 Å². The van der Waals surface area contributed by atoms with Crippen LogP contribution >= 0.6 is 0 Å².